The van der Waals surface area contributed by atoms with Crippen molar-refractivity contribution in [3.8, 4) is 0 Å². The third kappa shape index (κ3) is 7.55. The third-order valence-electron chi connectivity index (χ3n) is 16.3. The summed E-state index contributed by atoms with van der Waals surface area (Å²) in [6, 6.07) is 8.75. The van der Waals surface area contributed by atoms with Crippen molar-refractivity contribution in [1.82, 2.24) is 4.90 Å². The molecule has 0 radical (unpaired) electrons. The van der Waals surface area contributed by atoms with Crippen molar-refractivity contribution >= 4 is 11.9 Å². The Kier molecular flexibility index (Phi) is 14.4. The molecule has 59 heavy (non-hydrogen) atoms. The number of carbonyl (C=O) groups excluding carboxylic acids is 2. The zero-order valence-electron chi connectivity index (χ0n) is 36.8. The minimum atomic E-state index is -1.71. The Labute approximate surface area is 354 Å². The Morgan fingerprint density at radius 3 is 2.17 bits per heavy atom. The molecule has 10 nitrogen and oxygen atoms in total. The van der Waals surface area contributed by atoms with E-state index in [1.54, 1.807) is 38.5 Å². The topological polar surface area (TPSA) is 124 Å². The average molecular weight is 822 g/mol. The van der Waals surface area contributed by atoms with Crippen LogP contribution in [0, 0.1) is 34.5 Å². The molecule has 1 heterocycles. The van der Waals surface area contributed by atoms with E-state index >= 15 is 0 Å². The number of hydrogen-bond acceptors (Lipinski definition) is 10. The second kappa shape index (κ2) is 19.0. The van der Waals surface area contributed by atoms with Crippen molar-refractivity contribution < 1.29 is 43.5 Å². The van der Waals surface area contributed by atoms with Crippen molar-refractivity contribution in [1.29, 1.82) is 0 Å². The number of aliphatic hydroxyl groups is 2. The molecule has 0 aromatic heterocycles. The van der Waals surface area contributed by atoms with E-state index in [1.807, 2.05) is 6.07 Å². The van der Waals surface area contributed by atoms with Gasteiger partial charge in [-0.3, -0.25) is 9.69 Å². The summed E-state index contributed by atoms with van der Waals surface area (Å²) in [5.41, 5.74) is -3.46. The number of fused-ring (bicyclic) bond motifs is 2. The molecule has 1 spiro atoms. The molecule has 5 saturated carbocycles. The molecule has 1 aromatic rings. The summed E-state index contributed by atoms with van der Waals surface area (Å²) in [4.78, 5) is 31.0. The number of aliphatic hydroxyl groups excluding tert-OH is 1. The maximum atomic E-state index is 14.5. The van der Waals surface area contributed by atoms with Gasteiger partial charge in [0.25, 0.3) is 0 Å². The molecule has 1 aromatic carbocycles. The predicted octanol–water partition coefficient (Wildman–Crippen LogP) is 8.07. The molecule has 6 aliphatic rings. The van der Waals surface area contributed by atoms with Crippen LogP contribution in [0.15, 0.2) is 42.5 Å². The van der Waals surface area contributed by atoms with Gasteiger partial charge in [0.2, 0.25) is 0 Å². The van der Waals surface area contributed by atoms with Crippen molar-refractivity contribution in [2.24, 2.45) is 34.5 Å². The molecule has 1 saturated heterocycles. The lowest BCUT2D eigenvalue weighted by Crippen LogP contribution is -2.79. The summed E-state index contributed by atoms with van der Waals surface area (Å²) in [6.07, 6.45) is 19.1. The molecule has 7 bridgehead atoms. The van der Waals surface area contributed by atoms with Gasteiger partial charge < -0.3 is 33.9 Å². The lowest BCUT2D eigenvalue weighted by atomic mass is 9.44. The number of ether oxygens (including phenoxy) is 5. The molecule has 5 aliphatic carbocycles. The molecule has 1 unspecified atom stereocenters. The maximum absolute atomic E-state index is 14.5. The molecule has 13 atom stereocenters. The monoisotopic (exact) mass is 822 g/mol. The highest BCUT2D eigenvalue weighted by Gasteiger charge is 2.90. The standard InChI is InChI=1S/C49H75NO9/c1-6-8-9-10-11-12-13-14-15-16-17-18-19-20-24-28-36(51)59-49-37-35(31-48(54,44(57-5)42(49)52)43(37)58-45(53)34-26-22-21-23-27-34)47-30-25-29-46(33-55-3)32-50(7-2)41(47)38(49)39(56-4)40(46)47/h14-15,21-23,26-27,35,37-44,52,54H,6-13,16-20,24-25,28-33H2,1-5H3/b15-14-/t35-,37-,38+,39+,40-,41?,42+,43-,44+,46+,47-,48-,49-/m1/s1. The molecule has 7 rings (SSSR count). The average Bonchev–Trinajstić information content (AvgIpc) is 3.61. The van der Waals surface area contributed by atoms with E-state index in [4.69, 9.17) is 23.7 Å². The number of benzene rings is 1. The predicted molar refractivity (Wildman–Crippen MR) is 227 cm³/mol. The summed E-state index contributed by atoms with van der Waals surface area (Å²) in [6.45, 7) is 6.60. The Balaban J connectivity index is 1.14. The van der Waals surface area contributed by atoms with E-state index in [9.17, 15) is 19.8 Å². The Bertz CT molecular complexity index is 1590. The van der Waals surface area contributed by atoms with Gasteiger partial charge in [-0.1, -0.05) is 102 Å². The minimum Gasteiger partial charge on any atom is -0.455 e. The Morgan fingerprint density at radius 2 is 1.53 bits per heavy atom. The normalized spacial score (nSPS) is 39.1. The van der Waals surface area contributed by atoms with Crippen LogP contribution in [0.25, 0.3) is 0 Å². The van der Waals surface area contributed by atoms with Crippen LogP contribution in [0.3, 0.4) is 0 Å². The molecule has 0 amide bonds. The van der Waals surface area contributed by atoms with Gasteiger partial charge >= 0.3 is 11.9 Å². The van der Waals surface area contributed by atoms with Crippen LogP contribution < -0.4 is 0 Å². The number of rotatable bonds is 23. The molecule has 330 valence electrons. The van der Waals surface area contributed by atoms with E-state index < -0.39 is 47.3 Å². The summed E-state index contributed by atoms with van der Waals surface area (Å²) in [7, 11) is 5.01. The molecular formula is C49H75NO9. The Morgan fingerprint density at radius 1 is 0.847 bits per heavy atom. The number of esters is 2. The van der Waals surface area contributed by atoms with E-state index in [-0.39, 0.29) is 53.6 Å². The molecule has 2 N–H and O–H groups in total. The number of nitrogens with zero attached hydrogens (tertiary/aromatic N) is 1. The fourth-order valence-corrected chi connectivity index (χ4v) is 14.5. The van der Waals surface area contributed by atoms with E-state index in [1.165, 1.54) is 52.1 Å². The lowest BCUT2D eigenvalue weighted by molar-refractivity contribution is -0.311. The quantitative estimate of drug-likeness (QED) is 0.0637. The number of allylic oxidation sites excluding steroid dienone is 2. The zero-order chi connectivity index (χ0) is 41.8. The van der Waals surface area contributed by atoms with Gasteiger partial charge in [-0.15, -0.1) is 0 Å². The molecule has 1 aliphatic heterocycles. The number of hydrogen-bond donors (Lipinski definition) is 2. The van der Waals surface area contributed by atoms with Crippen LogP contribution in [-0.2, 0) is 28.5 Å². The van der Waals surface area contributed by atoms with Crippen LogP contribution in [0.5, 0.6) is 0 Å². The summed E-state index contributed by atoms with van der Waals surface area (Å²) >= 11 is 0. The Hall–Kier alpha value is -2.34. The van der Waals surface area contributed by atoms with Gasteiger partial charge in [0.05, 0.1) is 18.3 Å². The van der Waals surface area contributed by atoms with Crippen molar-refractivity contribution in [2.75, 3.05) is 41.0 Å². The van der Waals surface area contributed by atoms with E-state index in [0.717, 1.165) is 64.5 Å². The van der Waals surface area contributed by atoms with Gasteiger partial charge in [-0.2, -0.15) is 0 Å². The summed E-state index contributed by atoms with van der Waals surface area (Å²) < 4.78 is 32.3. The first-order chi connectivity index (χ1) is 28.6. The van der Waals surface area contributed by atoms with Crippen molar-refractivity contribution in [3.05, 3.63) is 48.0 Å². The van der Waals surface area contributed by atoms with Crippen LogP contribution in [0.2, 0.25) is 0 Å². The molecule has 10 heteroatoms. The van der Waals surface area contributed by atoms with Crippen LogP contribution in [0.4, 0.5) is 0 Å². The third-order valence-corrected chi connectivity index (χ3v) is 16.3. The van der Waals surface area contributed by atoms with Crippen LogP contribution >= 0.6 is 0 Å². The SMILES string of the molecule is CCCCCCCC/C=C\CCCCCCCC(=O)O[C@]12[C@H]3[C@@H](OC(=O)c4ccccc4)[C@](O)(C[C@H]3[C@@]34CCC[C@@]5(COC)CN(CC)C3[C@@H]1[C@H](OC)[C@H]54)[C@@H](OC)[C@@H]2O. The van der Waals surface area contributed by atoms with E-state index in [0.29, 0.717) is 18.6 Å². The van der Waals surface area contributed by atoms with Gasteiger partial charge in [0.1, 0.15) is 23.9 Å². The zero-order valence-corrected chi connectivity index (χ0v) is 36.8. The molecule has 6 fully saturated rings. The fourth-order valence-electron chi connectivity index (χ4n) is 14.5. The van der Waals surface area contributed by atoms with Gasteiger partial charge in [0, 0.05) is 63.5 Å². The van der Waals surface area contributed by atoms with Crippen LogP contribution in [0.1, 0.15) is 140 Å². The summed E-state index contributed by atoms with van der Waals surface area (Å²) in [5.74, 6) is -2.27. The van der Waals surface area contributed by atoms with Crippen molar-refractivity contribution in [3.63, 3.8) is 0 Å². The van der Waals surface area contributed by atoms with Crippen molar-refractivity contribution in [2.45, 2.75) is 171 Å². The number of carbonyl (C=O) groups is 2. The fraction of sp³-hybridized carbons (Fsp3) is 0.796. The highest BCUT2D eigenvalue weighted by Crippen LogP contribution is 2.80. The number of likely N-dealkylation sites (tertiary alicyclic amines) is 1. The number of piperidine rings is 1. The summed E-state index contributed by atoms with van der Waals surface area (Å²) in [5, 5.41) is 25.9. The van der Waals surface area contributed by atoms with Gasteiger partial charge in [0.15, 0.2) is 5.60 Å². The molecular weight excluding hydrogens is 747 g/mol. The van der Waals surface area contributed by atoms with Gasteiger partial charge in [-0.05, 0) is 81.4 Å². The lowest BCUT2D eigenvalue weighted by Gasteiger charge is -2.68. The second-order valence-electron chi connectivity index (χ2n) is 19.3. The first kappa shape index (κ1) is 44.7. The number of unbranched alkanes of at least 4 members (excludes halogenated alkanes) is 11. The largest absolute Gasteiger partial charge is 0.455 e. The highest BCUT2D eigenvalue weighted by molar-refractivity contribution is 5.89. The second-order valence-corrected chi connectivity index (χ2v) is 19.3. The minimum absolute atomic E-state index is 0.0316. The van der Waals surface area contributed by atoms with Crippen LogP contribution in [-0.4, -0.2) is 110 Å². The highest BCUT2D eigenvalue weighted by atomic mass is 16.6. The smallest absolute Gasteiger partial charge is 0.338 e. The first-order valence-corrected chi connectivity index (χ1v) is 23.5. The number of methoxy groups -OCH3 is 3. The first-order valence-electron chi connectivity index (χ1n) is 23.5. The maximum Gasteiger partial charge on any atom is 0.338 e. The van der Waals surface area contributed by atoms with E-state index in [2.05, 4.69) is 30.9 Å². The van der Waals surface area contributed by atoms with Gasteiger partial charge in [-0.25, -0.2) is 4.79 Å².